The van der Waals surface area contributed by atoms with E-state index >= 15 is 0 Å². The van der Waals surface area contributed by atoms with Gasteiger partial charge in [-0.05, 0) is 46.4 Å². The molecule has 0 saturated heterocycles. The van der Waals surface area contributed by atoms with Crippen molar-refractivity contribution in [3.05, 3.63) is 41.1 Å². The highest BCUT2D eigenvalue weighted by molar-refractivity contribution is 6.00. The van der Waals surface area contributed by atoms with Crippen molar-refractivity contribution < 1.29 is 9.53 Å². The van der Waals surface area contributed by atoms with Crippen LogP contribution in [0.25, 0.3) is 0 Å². The Morgan fingerprint density at radius 3 is 3.00 bits per heavy atom. The number of carbonyl (C=O) groups excluding carboxylic acids is 1. The van der Waals surface area contributed by atoms with Crippen LogP contribution >= 0.6 is 0 Å². The molecular formula is C20H25N5O2. The fourth-order valence-corrected chi connectivity index (χ4v) is 3.89. The zero-order chi connectivity index (χ0) is 19.0. The van der Waals surface area contributed by atoms with Gasteiger partial charge in [-0.2, -0.15) is 4.68 Å². The zero-order valence-electron chi connectivity index (χ0n) is 16.0. The van der Waals surface area contributed by atoms with Crippen molar-refractivity contribution in [3.8, 4) is 5.75 Å². The molecule has 0 spiro atoms. The number of rotatable bonds is 5. The summed E-state index contributed by atoms with van der Waals surface area (Å²) in [7, 11) is 0. The number of aromatic nitrogens is 4. The van der Waals surface area contributed by atoms with E-state index < -0.39 is 0 Å². The fourth-order valence-electron chi connectivity index (χ4n) is 3.89. The molecular weight excluding hydrogens is 342 g/mol. The summed E-state index contributed by atoms with van der Waals surface area (Å²) in [5, 5.41) is 15.3. The summed E-state index contributed by atoms with van der Waals surface area (Å²) in [6, 6.07) is 7.58. The van der Waals surface area contributed by atoms with Gasteiger partial charge < -0.3 is 10.1 Å². The first-order valence-corrected chi connectivity index (χ1v) is 9.52. The Morgan fingerprint density at radius 2 is 2.19 bits per heavy atom. The number of hydrogen-bond donors (Lipinski definition) is 1. The molecule has 142 valence electrons. The maximum atomic E-state index is 13.0. The molecule has 1 aliphatic carbocycles. The number of Topliss-reactive ketones (excluding diaryl/α,β-unsaturated/α-hetero) is 1. The smallest absolute Gasteiger partial charge is 0.248 e. The van der Waals surface area contributed by atoms with Gasteiger partial charge in [0.25, 0.3) is 0 Å². The molecule has 2 aromatic rings. The zero-order valence-corrected chi connectivity index (χ0v) is 16.0. The number of hydrogen-bond acceptors (Lipinski definition) is 6. The average molecular weight is 367 g/mol. The number of ether oxygens (including phenoxy) is 1. The van der Waals surface area contributed by atoms with E-state index in [0.717, 1.165) is 41.8 Å². The maximum absolute atomic E-state index is 13.0. The van der Waals surface area contributed by atoms with Gasteiger partial charge in [-0.3, -0.25) is 4.79 Å². The van der Waals surface area contributed by atoms with Crippen LogP contribution in [0.4, 0.5) is 5.95 Å². The minimum atomic E-state index is -0.329. The van der Waals surface area contributed by atoms with Crippen LogP contribution in [-0.2, 0) is 4.79 Å². The molecule has 4 rings (SSSR count). The summed E-state index contributed by atoms with van der Waals surface area (Å²) in [4.78, 5) is 13.0. The van der Waals surface area contributed by atoms with Crippen LogP contribution in [-0.4, -0.2) is 32.6 Å². The number of anilines is 1. The summed E-state index contributed by atoms with van der Waals surface area (Å²) in [5.74, 6) is 1.53. The standard InChI is InChI=1S/C20H25N5O2/c1-4-5-9-27-14-8-6-7-13(10-14)18-17-15(11-20(2,3)12-16(17)26)21-19-22-23-24-25(18)19/h6-8,10,18H,4-5,9,11-12H2,1-3H3,(H,21,22,24). The summed E-state index contributed by atoms with van der Waals surface area (Å²) in [5.41, 5.74) is 2.58. The van der Waals surface area contributed by atoms with Crippen LogP contribution in [0.15, 0.2) is 35.5 Å². The predicted octanol–water partition coefficient (Wildman–Crippen LogP) is 3.51. The molecule has 7 heteroatoms. The van der Waals surface area contributed by atoms with E-state index in [2.05, 4.69) is 41.6 Å². The molecule has 1 unspecified atom stereocenters. The SMILES string of the molecule is CCCCOc1cccc(C2C3=C(CC(C)(C)CC3=O)Nc3nnnn32)c1. The molecule has 1 aromatic carbocycles. The van der Waals surface area contributed by atoms with Gasteiger partial charge in [-0.1, -0.05) is 44.4 Å². The lowest BCUT2D eigenvalue weighted by Gasteiger charge is -2.37. The minimum Gasteiger partial charge on any atom is -0.494 e. The van der Waals surface area contributed by atoms with Gasteiger partial charge in [-0.15, -0.1) is 0 Å². The van der Waals surface area contributed by atoms with Gasteiger partial charge >= 0.3 is 0 Å². The van der Waals surface area contributed by atoms with Crippen molar-refractivity contribution >= 4 is 11.7 Å². The quantitative estimate of drug-likeness (QED) is 0.815. The molecule has 2 heterocycles. The Bertz CT molecular complexity index is 899. The van der Waals surface area contributed by atoms with E-state index in [1.807, 2.05) is 24.3 Å². The van der Waals surface area contributed by atoms with Crippen LogP contribution in [0.5, 0.6) is 5.75 Å². The molecule has 1 aromatic heterocycles. The van der Waals surface area contributed by atoms with Gasteiger partial charge in [0.1, 0.15) is 11.8 Å². The Kier molecular flexibility index (Phi) is 4.45. The molecule has 27 heavy (non-hydrogen) atoms. The van der Waals surface area contributed by atoms with Gasteiger partial charge in [0.2, 0.25) is 5.95 Å². The first-order chi connectivity index (χ1) is 13.0. The van der Waals surface area contributed by atoms with Crippen LogP contribution in [0.3, 0.4) is 0 Å². The number of tetrazole rings is 1. The largest absolute Gasteiger partial charge is 0.494 e. The van der Waals surface area contributed by atoms with Crippen LogP contribution in [0.1, 0.15) is 58.1 Å². The van der Waals surface area contributed by atoms with Gasteiger partial charge in [0.15, 0.2) is 5.78 Å². The number of allylic oxidation sites excluding steroid dienone is 2. The highest BCUT2D eigenvalue weighted by Crippen LogP contribution is 2.45. The molecule has 0 fully saturated rings. The third-order valence-electron chi connectivity index (χ3n) is 5.13. The summed E-state index contributed by atoms with van der Waals surface area (Å²) >= 11 is 0. The van der Waals surface area contributed by atoms with Crippen LogP contribution < -0.4 is 10.1 Å². The first-order valence-electron chi connectivity index (χ1n) is 9.52. The topological polar surface area (TPSA) is 81.9 Å². The number of carbonyl (C=O) groups is 1. The summed E-state index contributed by atoms with van der Waals surface area (Å²) < 4.78 is 7.56. The lowest BCUT2D eigenvalue weighted by molar-refractivity contribution is -0.118. The average Bonchev–Trinajstić information content (AvgIpc) is 3.07. The predicted molar refractivity (Wildman–Crippen MR) is 101 cm³/mol. The minimum absolute atomic E-state index is 0.0752. The highest BCUT2D eigenvalue weighted by atomic mass is 16.5. The third-order valence-corrected chi connectivity index (χ3v) is 5.13. The van der Waals surface area contributed by atoms with E-state index in [1.54, 1.807) is 4.68 Å². The van der Waals surface area contributed by atoms with Crippen molar-refractivity contribution in [2.45, 2.75) is 52.5 Å². The van der Waals surface area contributed by atoms with Crippen molar-refractivity contribution in [1.29, 1.82) is 0 Å². The van der Waals surface area contributed by atoms with Crippen LogP contribution in [0.2, 0.25) is 0 Å². The second kappa shape index (κ2) is 6.79. The second-order valence-electron chi connectivity index (χ2n) is 8.08. The lowest BCUT2D eigenvalue weighted by Crippen LogP contribution is -2.36. The molecule has 7 nitrogen and oxygen atoms in total. The van der Waals surface area contributed by atoms with E-state index in [9.17, 15) is 4.79 Å². The van der Waals surface area contributed by atoms with E-state index in [-0.39, 0.29) is 17.2 Å². The number of fused-ring (bicyclic) bond motifs is 1. The fraction of sp³-hybridized carbons (Fsp3) is 0.500. The third kappa shape index (κ3) is 3.34. The highest BCUT2D eigenvalue weighted by Gasteiger charge is 2.41. The molecule has 0 saturated carbocycles. The van der Waals surface area contributed by atoms with E-state index in [1.165, 1.54) is 0 Å². The molecule has 0 radical (unpaired) electrons. The Morgan fingerprint density at radius 1 is 1.33 bits per heavy atom. The number of benzene rings is 1. The molecule has 1 N–H and O–H groups in total. The Balaban J connectivity index is 1.75. The second-order valence-corrected chi connectivity index (χ2v) is 8.08. The number of ketones is 1. The Labute approximate surface area is 158 Å². The first kappa shape index (κ1) is 17.7. The molecule has 1 atom stereocenters. The van der Waals surface area contributed by atoms with Crippen molar-refractivity contribution in [1.82, 2.24) is 20.2 Å². The number of nitrogens with one attached hydrogen (secondary N) is 1. The molecule has 0 amide bonds. The van der Waals surface area contributed by atoms with Crippen molar-refractivity contribution in [2.24, 2.45) is 5.41 Å². The van der Waals surface area contributed by atoms with Crippen LogP contribution in [0, 0.1) is 5.41 Å². The number of nitrogens with zero attached hydrogens (tertiary/aromatic N) is 4. The van der Waals surface area contributed by atoms with Gasteiger partial charge in [0, 0.05) is 17.7 Å². The van der Waals surface area contributed by atoms with Crippen molar-refractivity contribution in [2.75, 3.05) is 11.9 Å². The summed E-state index contributed by atoms with van der Waals surface area (Å²) in [6.45, 7) is 7.05. The van der Waals surface area contributed by atoms with E-state index in [0.29, 0.717) is 19.0 Å². The normalized spacial score (nSPS) is 20.7. The molecule has 1 aliphatic heterocycles. The number of unbranched alkanes of at least 4 members (excludes halogenated alkanes) is 1. The van der Waals surface area contributed by atoms with Gasteiger partial charge in [-0.25, -0.2) is 0 Å². The van der Waals surface area contributed by atoms with E-state index in [4.69, 9.17) is 4.74 Å². The van der Waals surface area contributed by atoms with Gasteiger partial charge in [0.05, 0.1) is 6.61 Å². The lowest BCUT2D eigenvalue weighted by atomic mass is 9.73. The molecule has 2 aliphatic rings. The van der Waals surface area contributed by atoms with Crippen molar-refractivity contribution in [3.63, 3.8) is 0 Å². The molecule has 0 bridgehead atoms. The summed E-state index contributed by atoms with van der Waals surface area (Å²) in [6.07, 6.45) is 3.42. The Hall–Kier alpha value is -2.70. The maximum Gasteiger partial charge on any atom is 0.248 e. The monoisotopic (exact) mass is 367 g/mol.